The van der Waals surface area contributed by atoms with Crippen molar-refractivity contribution in [3.05, 3.63) is 66.6 Å². The molecule has 29 heavy (non-hydrogen) atoms. The van der Waals surface area contributed by atoms with Crippen LogP contribution in [0.4, 0.5) is 17.1 Å². The Bertz CT molecular complexity index is 1040. The number of primary amides is 1. The third kappa shape index (κ3) is 3.92. The topological polar surface area (TPSA) is 110 Å². The van der Waals surface area contributed by atoms with Crippen LogP contribution in [-0.2, 0) is 9.53 Å². The highest BCUT2D eigenvalue weighted by Gasteiger charge is 2.20. The van der Waals surface area contributed by atoms with E-state index in [9.17, 15) is 9.59 Å². The number of hydrogen-bond acceptors (Lipinski definition) is 6. The van der Waals surface area contributed by atoms with Crippen LogP contribution in [0.15, 0.2) is 61.1 Å². The van der Waals surface area contributed by atoms with Crippen molar-refractivity contribution in [3.8, 4) is 11.3 Å². The number of ether oxygens (including phenoxy) is 1. The predicted octanol–water partition coefficient (Wildman–Crippen LogP) is 2.35. The molecule has 3 aromatic rings. The molecule has 146 valence electrons. The van der Waals surface area contributed by atoms with Gasteiger partial charge in [-0.1, -0.05) is 12.1 Å². The van der Waals surface area contributed by atoms with E-state index in [4.69, 9.17) is 10.5 Å². The van der Waals surface area contributed by atoms with E-state index < -0.39 is 5.91 Å². The minimum atomic E-state index is -0.543. The monoisotopic (exact) mass is 389 g/mol. The first-order valence-corrected chi connectivity index (χ1v) is 9.08. The zero-order valence-electron chi connectivity index (χ0n) is 15.5. The summed E-state index contributed by atoms with van der Waals surface area (Å²) in [5, 5.41) is 3.27. The number of aromatic nitrogens is 2. The SMILES string of the molecule is NC(=O)c1cccc(-c2ccncn2)c1Nc1ccc(N2CCOCC2=O)cc1. The molecule has 1 fully saturated rings. The number of nitrogens with one attached hydrogen (secondary N) is 1. The van der Waals surface area contributed by atoms with Crippen LogP contribution in [0.3, 0.4) is 0 Å². The van der Waals surface area contributed by atoms with Gasteiger partial charge in [-0.05, 0) is 36.4 Å². The summed E-state index contributed by atoms with van der Waals surface area (Å²) in [4.78, 5) is 33.9. The maximum Gasteiger partial charge on any atom is 0.253 e. The van der Waals surface area contributed by atoms with Crippen LogP contribution in [0.1, 0.15) is 10.4 Å². The Morgan fingerprint density at radius 3 is 2.66 bits per heavy atom. The number of nitrogens with two attached hydrogens (primary N) is 1. The van der Waals surface area contributed by atoms with Crippen molar-refractivity contribution in [1.82, 2.24) is 9.97 Å². The van der Waals surface area contributed by atoms with Gasteiger partial charge in [-0.3, -0.25) is 9.59 Å². The zero-order chi connectivity index (χ0) is 20.2. The molecule has 2 heterocycles. The molecule has 4 rings (SSSR count). The summed E-state index contributed by atoms with van der Waals surface area (Å²) < 4.78 is 5.17. The lowest BCUT2D eigenvalue weighted by molar-refractivity contribution is -0.125. The molecule has 0 bridgehead atoms. The van der Waals surface area contributed by atoms with E-state index in [1.807, 2.05) is 30.3 Å². The molecule has 8 nitrogen and oxygen atoms in total. The number of carbonyl (C=O) groups excluding carboxylic acids is 2. The van der Waals surface area contributed by atoms with Crippen molar-refractivity contribution in [2.75, 3.05) is 30.0 Å². The summed E-state index contributed by atoms with van der Waals surface area (Å²) in [6.45, 7) is 1.13. The molecule has 0 radical (unpaired) electrons. The second-order valence-electron chi connectivity index (χ2n) is 6.46. The van der Waals surface area contributed by atoms with Gasteiger partial charge in [-0.15, -0.1) is 0 Å². The first kappa shape index (κ1) is 18.6. The Hall–Kier alpha value is -3.78. The predicted molar refractivity (Wildman–Crippen MR) is 109 cm³/mol. The van der Waals surface area contributed by atoms with E-state index in [2.05, 4.69) is 15.3 Å². The van der Waals surface area contributed by atoms with Crippen molar-refractivity contribution in [1.29, 1.82) is 0 Å². The van der Waals surface area contributed by atoms with Gasteiger partial charge in [0, 0.05) is 29.7 Å². The van der Waals surface area contributed by atoms with Crippen molar-refractivity contribution < 1.29 is 14.3 Å². The number of para-hydroxylation sites is 1. The molecule has 1 aromatic heterocycles. The summed E-state index contributed by atoms with van der Waals surface area (Å²) >= 11 is 0. The quantitative estimate of drug-likeness (QED) is 0.693. The Morgan fingerprint density at radius 2 is 1.97 bits per heavy atom. The van der Waals surface area contributed by atoms with Gasteiger partial charge < -0.3 is 20.7 Å². The Balaban J connectivity index is 1.67. The molecule has 0 unspecified atom stereocenters. The highest BCUT2D eigenvalue weighted by molar-refractivity contribution is 6.03. The molecule has 1 aliphatic heterocycles. The number of carbonyl (C=O) groups is 2. The smallest absolute Gasteiger partial charge is 0.253 e. The van der Waals surface area contributed by atoms with Crippen LogP contribution in [0.5, 0.6) is 0 Å². The molecule has 2 amide bonds. The van der Waals surface area contributed by atoms with Gasteiger partial charge in [0.05, 0.1) is 23.6 Å². The number of morpholine rings is 1. The van der Waals surface area contributed by atoms with Crippen LogP contribution in [0, 0.1) is 0 Å². The molecular formula is C21H19N5O3. The minimum absolute atomic E-state index is 0.0675. The zero-order valence-corrected chi connectivity index (χ0v) is 15.5. The van der Waals surface area contributed by atoms with E-state index in [0.717, 1.165) is 16.9 Å². The standard InChI is InChI=1S/C21H19N5O3/c22-21(28)17-3-1-2-16(18-8-9-23-13-24-18)20(17)25-14-4-6-15(7-5-14)26-10-11-29-12-19(26)27/h1-9,13,25H,10-12H2,(H2,22,28). The average Bonchev–Trinajstić information content (AvgIpc) is 2.75. The van der Waals surface area contributed by atoms with Crippen LogP contribution in [-0.4, -0.2) is 41.5 Å². The van der Waals surface area contributed by atoms with Crippen molar-refractivity contribution >= 4 is 28.9 Å². The van der Waals surface area contributed by atoms with Gasteiger partial charge in [0.2, 0.25) is 0 Å². The lowest BCUT2D eigenvalue weighted by atomic mass is 10.0. The van der Waals surface area contributed by atoms with Crippen molar-refractivity contribution in [3.63, 3.8) is 0 Å². The first-order chi connectivity index (χ1) is 14.1. The number of benzene rings is 2. The van der Waals surface area contributed by atoms with Crippen molar-refractivity contribution in [2.45, 2.75) is 0 Å². The molecule has 0 spiro atoms. The van der Waals surface area contributed by atoms with Gasteiger partial charge in [0.25, 0.3) is 11.8 Å². The Morgan fingerprint density at radius 1 is 1.14 bits per heavy atom. The lowest BCUT2D eigenvalue weighted by Gasteiger charge is -2.27. The summed E-state index contributed by atoms with van der Waals surface area (Å²) in [5.74, 6) is -0.610. The number of anilines is 3. The van der Waals surface area contributed by atoms with Gasteiger partial charge in [0.15, 0.2) is 0 Å². The minimum Gasteiger partial charge on any atom is -0.370 e. The van der Waals surface area contributed by atoms with E-state index in [0.29, 0.717) is 30.1 Å². The van der Waals surface area contributed by atoms with Crippen LogP contribution in [0.2, 0.25) is 0 Å². The summed E-state index contributed by atoms with van der Waals surface area (Å²) in [6.07, 6.45) is 3.08. The fourth-order valence-corrected chi connectivity index (χ4v) is 3.22. The van der Waals surface area contributed by atoms with Gasteiger partial charge in [0.1, 0.15) is 12.9 Å². The van der Waals surface area contributed by atoms with E-state index in [1.165, 1.54) is 6.33 Å². The fraction of sp³-hybridized carbons (Fsp3) is 0.143. The number of rotatable bonds is 5. The first-order valence-electron chi connectivity index (χ1n) is 9.08. The summed E-state index contributed by atoms with van der Waals surface area (Å²) in [5.41, 5.74) is 9.45. The number of amides is 2. The van der Waals surface area contributed by atoms with Gasteiger partial charge in [-0.25, -0.2) is 9.97 Å². The second kappa shape index (κ2) is 8.07. The van der Waals surface area contributed by atoms with E-state index in [-0.39, 0.29) is 12.5 Å². The van der Waals surface area contributed by atoms with Crippen LogP contribution in [0.25, 0.3) is 11.3 Å². The second-order valence-corrected chi connectivity index (χ2v) is 6.46. The highest BCUT2D eigenvalue weighted by Crippen LogP contribution is 2.32. The average molecular weight is 389 g/mol. The fourth-order valence-electron chi connectivity index (χ4n) is 3.22. The maximum absolute atomic E-state index is 12.0. The molecule has 1 saturated heterocycles. The summed E-state index contributed by atoms with van der Waals surface area (Å²) in [6, 6.07) is 14.4. The van der Waals surface area contributed by atoms with Gasteiger partial charge >= 0.3 is 0 Å². The maximum atomic E-state index is 12.0. The molecule has 0 saturated carbocycles. The molecule has 2 aromatic carbocycles. The molecule has 0 atom stereocenters. The highest BCUT2D eigenvalue weighted by atomic mass is 16.5. The normalized spacial score (nSPS) is 13.9. The van der Waals surface area contributed by atoms with E-state index >= 15 is 0 Å². The lowest BCUT2D eigenvalue weighted by Crippen LogP contribution is -2.41. The number of hydrogen-bond donors (Lipinski definition) is 2. The Labute approximate surface area is 167 Å². The Kier molecular flexibility index (Phi) is 5.17. The van der Waals surface area contributed by atoms with Gasteiger partial charge in [-0.2, -0.15) is 0 Å². The largest absolute Gasteiger partial charge is 0.370 e. The molecule has 0 aliphatic carbocycles. The van der Waals surface area contributed by atoms with Crippen LogP contribution >= 0.6 is 0 Å². The molecule has 3 N–H and O–H groups in total. The molecular weight excluding hydrogens is 370 g/mol. The summed E-state index contributed by atoms with van der Waals surface area (Å²) in [7, 11) is 0. The molecule has 1 aliphatic rings. The van der Waals surface area contributed by atoms with Crippen molar-refractivity contribution in [2.24, 2.45) is 5.73 Å². The molecule has 8 heteroatoms. The van der Waals surface area contributed by atoms with Crippen LogP contribution < -0.4 is 16.0 Å². The van der Waals surface area contributed by atoms with E-state index in [1.54, 1.807) is 29.3 Å². The number of nitrogens with zero attached hydrogens (tertiary/aromatic N) is 3. The third-order valence-corrected chi connectivity index (χ3v) is 4.62. The third-order valence-electron chi connectivity index (χ3n) is 4.62.